The van der Waals surface area contributed by atoms with E-state index < -0.39 is 11.5 Å². The van der Waals surface area contributed by atoms with Crippen LogP contribution in [0.15, 0.2) is 0 Å². The molecule has 2 saturated heterocycles. The first-order valence-electron chi connectivity index (χ1n) is 11.0. The topological polar surface area (TPSA) is 85.7 Å². The van der Waals surface area contributed by atoms with Crippen molar-refractivity contribution in [1.29, 1.82) is 5.26 Å². The third-order valence-corrected chi connectivity index (χ3v) is 5.84. The van der Waals surface area contributed by atoms with Gasteiger partial charge in [-0.25, -0.2) is 0 Å². The molecule has 29 heavy (non-hydrogen) atoms. The van der Waals surface area contributed by atoms with Crippen molar-refractivity contribution < 1.29 is 14.3 Å². The number of piperidine rings is 1. The zero-order valence-corrected chi connectivity index (χ0v) is 18.6. The van der Waals surface area contributed by atoms with Gasteiger partial charge >= 0.3 is 0 Å². The number of ether oxygens (including phenoxy) is 1. The molecule has 0 saturated carbocycles. The minimum atomic E-state index is -0.820. The average molecular weight is 407 g/mol. The highest BCUT2D eigenvalue weighted by atomic mass is 16.5. The largest absolute Gasteiger partial charge is 0.378 e. The minimum absolute atomic E-state index is 0.00136. The number of morpholine rings is 1. The number of nitriles is 1. The summed E-state index contributed by atoms with van der Waals surface area (Å²) >= 11 is 0. The normalized spacial score (nSPS) is 21.3. The Bertz CT molecular complexity index is 594. The Labute approximate surface area is 175 Å². The molecule has 0 aromatic carbocycles. The maximum absolute atomic E-state index is 13.2. The van der Waals surface area contributed by atoms with Gasteiger partial charge in [0.05, 0.1) is 19.3 Å². The monoisotopic (exact) mass is 406 g/mol. The van der Waals surface area contributed by atoms with E-state index in [0.717, 1.165) is 26.1 Å². The summed E-state index contributed by atoms with van der Waals surface area (Å²) in [5, 5.41) is 12.9. The molecule has 2 rings (SSSR count). The van der Waals surface area contributed by atoms with E-state index in [-0.39, 0.29) is 23.7 Å². The lowest BCUT2D eigenvalue weighted by Gasteiger charge is -2.39. The van der Waals surface area contributed by atoms with E-state index in [4.69, 9.17) is 4.74 Å². The Kier molecular flexibility index (Phi) is 8.47. The third-order valence-electron chi connectivity index (χ3n) is 5.84. The van der Waals surface area contributed by atoms with Gasteiger partial charge in [-0.2, -0.15) is 5.26 Å². The SMILES string of the molecule is CCCN1CCC(C#N)(NC(=O)C(CC(=O)N2CCOCC2)CC(C)(C)C)CC1. The summed E-state index contributed by atoms with van der Waals surface area (Å²) in [5.74, 6) is -0.585. The van der Waals surface area contributed by atoms with Crippen LogP contribution in [-0.2, 0) is 14.3 Å². The van der Waals surface area contributed by atoms with Gasteiger partial charge < -0.3 is 19.9 Å². The van der Waals surface area contributed by atoms with Gasteiger partial charge in [-0.1, -0.05) is 27.7 Å². The maximum atomic E-state index is 13.2. The highest BCUT2D eigenvalue weighted by molar-refractivity contribution is 5.86. The molecule has 1 N–H and O–H groups in total. The van der Waals surface area contributed by atoms with Crippen LogP contribution >= 0.6 is 0 Å². The van der Waals surface area contributed by atoms with E-state index in [1.165, 1.54) is 0 Å². The van der Waals surface area contributed by atoms with Crippen LogP contribution in [-0.4, -0.2) is 73.1 Å². The average Bonchev–Trinajstić information content (AvgIpc) is 2.69. The van der Waals surface area contributed by atoms with Gasteiger partial charge in [-0.3, -0.25) is 9.59 Å². The molecule has 0 spiro atoms. The number of carbonyl (C=O) groups is 2. The molecular formula is C22H38N4O3. The van der Waals surface area contributed by atoms with Crippen LogP contribution in [0.25, 0.3) is 0 Å². The summed E-state index contributed by atoms with van der Waals surface area (Å²) in [4.78, 5) is 30.1. The number of hydrogen-bond acceptors (Lipinski definition) is 5. The standard InChI is InChI=1S/C22H38N4O3/c1-5-8-25-9-6-22(17-23,7-10-25)24-20(28)18(16-21(2,3)4)15-19(27)26-11-13-29-14-12-26/h18H,5-16H2,1-4H3,(H,24,28). The van der Waals surface area contributed by atoms with Gasteiger partial charge in [0.25, 0.3) is 0 Å². The molecule has 7 heteroatoms. The lowest BCUT2D eigenvalue weighted by molar-refractivity contribution is -0.140. The van der Waals surface area contributed by atoms with Crippen molar-refractivity contribution in [3.05, 3.63) is 0 Å². The van der Waals surface area contributed by atoms with Crippen molar-refractivity contribution in [2.45, 2.75) is 65.3 Å². The summed E-state index contributed by atoms with van der Waals surface area (Å²) in [7, 11) is 0. The molecule has 2 aliphatic heterocycles. The van der Waals surface area contributed by atoms with Gasteiger partial charge in [0.15, 0.2) is 0 Å². The summed E-state index contributed by atoms with van der Waals surface area (Å²) in [6, 6.07) is 2.37. The third kappa shape index (κ3) is 7.27. The smallest absolute Gasteiger partial charge is 0.224 e. The molecular weight excluding hydrogens is 368 g/mol. The molecule has 0 bridgehead atoms. The van der Waals surface area contributed by atoms with Crippen LogP contribution in [0.3, 0.4) is 0 Å². The number of amides is 2. The maximum Gasteiger partial charge on any atom is 0.224 e. The van der Waals surface area contributed by atoms with Gasteiger partial charge in [-0.15, -0.1) is 0 Å². The first-order valence-corrected chi connectivity index (χ1v) is 11.0. The molecule has 164 valence electrons. The van der Waals surface area contributed by atoms with Crippen molar-refractivity contribution >= 4 is 11.8 Å². The molecule has 1 atom stereocenters. The number of nitrogens with one attached hydrogen (secondary N) is 1. The lowest BCUT2D eigenvalue weighted by atomic mass is 9.81. The van der Waals surface area contributed by atoms with E-state index in [2.05, 4.69) is 44.0 Å². The summed E-state index contributed by atoms with van der Waals surface area (Å²) < 4.78 is 5.32. The Balaban J connectivity index is 2.04. The fourth-order valence-electron chi connectivity index (χ4n) is 4.23. The van der Waals surface area contributed by atoms with E-state index in [0.29, 0.717) is 45.6 Å². The van der Waals surface area contributed by atoms with Crippen LogP contribution in [0.4, 0.5) is 0 Å². The highest BCUT2D eigenvalue weighted by Gasteiger charge is 2.39. The molecule has 0 aromatic heterocycles. The van der Waals surface area contributed by atoms with Gasteiger partial charge in [0.2, 0.25) is 11.8 Å². The number of rotatable bonds is 7. The number of nitrogens with zero attached hydrogens (tertiary/aromatic N) is 3. The minimum Gasteiger partial charge on any atom is -0.378 e. The molecule has 0 aromatic rings. The highest BCUT2D eigenvalue weighted by Crippen LogP contribution is 2.29. The molecule has 1 unspecified atom stereocenters. The van der Waals surface area contributed by atoms with E-state index >= 15 is 0 Å². The number of carbonyl (C=O) groups excluding carboxylic acids is 2. The molecule has 2 heterocycles. The predicted octanol–water partition coefficient (Wildman–Crippen LogP) is 2.17. The Morgan fingerprint density at radius 3 is 2.31 bits per heavy atom. The van der Waals surface area contributed by atoms with Crippen LogP contribution in [0.1, 0.15) is 59.8 Å². The van der Waals surface area contributed by atoms with Crippen LogP contribution in [0.2, 0.25) is 0 Å². The molecule has 0 aliphatic carbocycles. The fraction of sp³-hybridized carbons (Fsp3) is 0.864. The van der Waals surface area contributed by atoms with Gasteiger partial charge in [0.1, 0.15) is 5.54 Å². The molecule has 2 fully saturated rings. The first kappa shape index (κ1) is 23.6. The number of hydrogen-bond donors (Lipinski definition) is 1. The van der Waals surface area contributed by atoms with Crippen LogP contribution in [0, 0.1) is 22.7 Å². The van der Waals surface area contributed by atoms with Crippen molar-refractivity contribution in [2.24, 2.45) is 11.3 Å². The van der Waals surface area contributed by atoms with E-state index in [9.17, 15) is 14.9 Å². The van der Waals surface area contributed by atoms with Crippen LogP contribution < -0.4 is 5.32 Å². The Morgan fingerprint density at radius 1 is 1.17 bits per heavy atom. The fourth-order valence-corrected chi connectivity index (χ4v) is 4.23. The van der Waals surface area contributed by atoms with E-state index in [1.54, 1.807) is 4.90 Å². The second-order valence-corrected chi connectivity index (χ2v) is 9.68. The van der Waals surface area contributed by atoms with Gasteiger partial charge in [-0.05, 0) is 37.6 Å². The molecule has 0 radical (unpaired) electrons. The Morgan fingerprint density at radius 2 is 1.79 bits per heavy atom. The molecule has 2 amide bonds. The molecule has 2 aliphatic rings. The van der Waals surface area contributed by atoms with Gasteiger partial charge in [0, 0.05) is 38.5 Å². The van der Waals surface area contributed by atoms with Crippen molar-refractivity contribution in [1.82, 2.24) is 15.1 Å². The van der Waals surface area contributed by atoms with Crippen molar-refractivity contribution in [3.63, 3.8) is 0 Å². The van der Waals surface area contributed by atoms with Crippen molar-refractivity contribution in [2.75, 3.05) is 45.9 Å². The summed E-state index contributed by atoms with van der Waals surface area (Å²) in [6.07, 6.45) is 3.15. The zero-order chi connectivity index (χ0) is 21.5. The van der Waals surface area contributed by atoms with Crippen molar-refractivity contribution in [3.8, 4) is 6.07 Å². The second-order valence-electron chi connectivity index (χ2n) is 9.68. The Hall–Kier alpha value is -1.65. The summed E-state index contributed by atoms with van der Waals surface area (Å²) in [5.41, 5.74) is -0.906. The zero-order valence-electron chi connectivity index (χ0n) is 18.6. The lowest BCUT2D eigenvalue weighted by Crippen LogP contribution is -2.56. The summed E-state index contributed by atoms with van der Waals surface area (Å²) in [6.45, 7) is 13.3. The second kappa shape index (κ2) is 10.4. The number of likely N-dealkylation sites (tertiary alicyclic amines) is 1. The first-order chi connectivity index (χ1) is 13.7. The molecule has 7 nitrogen and oxygen atoms in total. The van der Waals surface area contributed by atoms with Crippen LogP contribution in [0.5, 0.6) is 0 Å². The van der Waals surface area contributed by atoms with E-state index in [1.807, 2.05) is 0 Å². The predicted molar refractivity (Wildman–Crippen MR) is 112 cm³/mol. The quantitative estimate of drug-likeness (QED) is 0.700.